The van der Waals surface area contributed by atoms with Gasteiger partial charge in [-0.3, -0.25) is 0 Å². The fraction of sp³-hybridized carbons (Fsp3) is 0.760. The molecule has 0 bridgehead atoms. The first-order valence-electron chi connectivity index (χ1n) is 13.1. The molecule has 3 aliphatic rings. The van der Waals surface area contributed by atoms with Gasteiger partial charge in [-0.25, -0.2) is 0 Å². The maximum absolute atomic E-state index is 11.5. The number of nitrogens with zero attached hydrogens (tertiary/aromatic N) is 2. The average Bonchev–Trinajstić information content (AvgIpc) is 2.86. The van der Waals surface area contributed by atoms with E-state index in [2.05, 4.69) is 8.95 Å². The van der Waals surface area contributed by atoms with Crippen molar-refractivity contribution in [2.75, 3.05) is 0 Å². The molecule has 0 spiro atoms. The van der Waals surface area contributed by atoms with Gasteiger partial charge in [-0.1, -0.05) is 0 Å². The molecule has 0 aromatic heterocycles. The zero-order valence-electron chi connectivity index (χ0n) is 19.7. The fourth-order valence-corrected chi connectivity index (χ4v) is 39.8. The van der Waals surface area contributed by atoms with Crippen LogP contribution in [0.5, 0.6) is 0 Å². The van der Waals surface area contributed by atoms with E-state index < -0.39 is 26.8 Å². The number of rotatable bonds is 8. The van der Waals surface area contributed by atoms with Gasteiger partial charge in [0.25, 0.3) is 0 Å². The Morgan fingerprint density at radius 3 is 1.36 bits per heavy atom. The van der Waals surface area contributed by atoms with Gasteiger partial charge < -0.3 is 0 Å². The summed E-state index contributed by atoms with van der Waals surface area (Å²) in [5.74, 6) is 0.724. The average molecular weight is 581 g/mol. The van der Waals surface area contributed by atoms with E-state index in [1.807, 2.05) is 0 Å². The van der Waals surface area contributed by atoms with E-state index in [0.717, 1.165) is 29.2 Å². The van der Waals surface area contributed by atoms with Gasteiger partial charge in [0, 0.05) is 0 Å². The third-order valence-corrected chi connectivity index (χ3v) is 37.7. The third-order valence-electron chi connectivity index (χ3n) is 8.60. The number of hydrogen-bond acceptors (Lipinski definition) is 5. The minimum absolute atomic E-state index is 0.145. The molecule has 0 aliphatic heterocycles. The molecule has 1 aromatic carbocycles. The predicted molar refractivity (Wildman–Crippen MR) is 137 cm³/mol. The van der Waals surface area contributed by atoms with E-state index in [9.17, 15) is 20.2 Å². The summed E-state index contributed by atoms with van der Waals surface area (Å²) in [6, 6.07) is 4.30. The van der Waals surface area contributed by atoms with Crippen molar-refractivity contribution in [2.24, 2.45) is 0 Å². The van der Waals surface area contributed by atoms with Crippen molar-refractivity contribution in [1.29, 1.82) is 0 Å². The van der Waals surface area contributed by atoms with Crippen molar-refractivity contribution in [3.05, 3.63) is 44.0 Å². The second kappa shape index (κ2) is 11.7. The first kappa shape index (κ1) is 25.3. The molecule has 0 N–H and O–H groups in total. The standard InChI is InChI=1S/C7H6N2O4S.3C6H11.Sn/c10-8(11)6-1-5(4-14)2-7(3-6)9(12)13;3*1-2-4-6-5-3-1;/h1-3,14H,4H2;3*1H,2-6H2;/q;;;;+1/p-1. The van der Waals surface area contributed by atoms with Crippen LogP contribution >= 0.6 is 8.95 Å². The SMILES string of the molecule is O=[N+]([O-])c1cc(C[S][Sn]([CH]2CCCCC2)([CH]2CCCCC2)[CH]2CCCCC2)cc([N+](=O)[O-])c1. The van der Waals surface area contributed by atoms with E-state index in [-0.39, 0.29) is 11.4 Å². The van der Waals surface area contributed by atoms with E-state index >= 15 is 0 Å². The van der Waals surface area contributed by atoms with Crippen LogP contribution in [0.2, 0.25) is 11.8 Å². The van der Waals surface area contributed by atoms with Crippen LogP contribution in [0.1, 0.15) is 102 Å². The van der Waals surface area contributed by atoms with Gasteiger partial charge in [-0.2, -0.15) is 0 Å². The number of hydrogen-bond donors (Lipinski definition) is 0. The second-order valence-corrected chi connectivity index (χ2v) is 30.2. The summed E-state index contributed by atoms with van der Waals surface area (Å²) in [4.78, 5) is 22.0. The van der Waals surface area contributed by atoms with Crippen molar-refractivity contribution in [3.63, 3.8) is 0 Å². The third kappa shape index (κ3) is 5.88. The van der Waals surface area contributed by atoms with Crippen LogP contribution in [-0.2, 0) is 5.75 Å². The monoisotopic (exact) mass is 582 g/mol. The zero-order valence-corrected chi connectivity index (χ0v) is 23.4. The van der Waals surface area contributed by atoms with Gasteiger partial charge in [0.1, 0.15) is 0 Å². The molecule has 33 heavy (non-hydrogen) atoms. The van der Waals surface area contributed by atoms with Gasteiger partial charge in [0.2, 0.25) is 0 Å². The molecule has 3 fully saturated rings. The van der Waals surface area contributed by atoms with E-state index in [4.69, 9.17) is 0 Å². The summed E-state index contributed by atoms with van der Waals surface area (Å²) in [7, 11) is 2.25. The molecule has 0 saturated heterocycles. The summed E-state index contributed by atoms with van der Waals surface area (Å²) in [6.45, 7) is 0. The van der Waals surface area contributed by atoms with E-state index in [1.54, 1.807) is 12.1 Å². The van der Waals surface area contributed by atoms with Crippen LogP contribution < -0.4 is 0 Å². The summed E-state index contributed by atoms with van der Waals surface area (Å²) in [5.41, 5.74) is 0.492. The molecule has 182 valence electrons. The quantitative estimate of drug-likeness (QED) is 0.174. The van der Waals surface area contributed by atoms with Gasteiger partial charge in [0.15, 0.2) is 0 Å². The van der Waals surface area contributed by atoms with Gasteiger partial charge in [0.05, 0.1) is 0 Å². The van der Waals surface area contributed by atoms with Gasteiger partial charge in [-0.15, -0.1) is 0 Å². The van der Waals surface area contributed by atoms with Crippen LogP contribution in [0.15, 0.2) is 18.2 Å². The molecule has 0 atom stereocenters. The van der Waals surface area contributed by atoms with Crippen LogP contribution in [0, 0.1) is 20.2 Å². The predicted octanol–water partition coefficient (Wildman–Crippen LogP) is 8.68. The van der Waals surface area contributed by atoms with Crippen LogP contribution in [0.3, 0.4) is 0 Å². The molecule has 0 heterocycles. The minimum atomic E-state index is -2.81. The molecular formula is C25H38N2O4SSn. The van der Waals surface area contributed by atoms with Crippen molar-refractivity contribution in [1.82, 2.24) is 0 Å². The Bertz CT molecular complexity index is 756. The normalized spacial score (nSPS) is 21.7. The molecule has 4 rings (SSSR count). The van der Waals surface area contributed by atoms with Crippen LogP contribution in [0.25, 0.3) is 0 Å². The number of nitro groups is 2. The topological polar surface area (TPSA) is 86.3 Å². The second-order valence-electron chi connectivity index (χ2n) is 10.5. The Hall–Kier alpha value is -0.831. The van der Waals surface area contributed by atoms with Gasteiger partial charge >= 0.3 is 205 Å². The number of nitro benzene ring substituents is 2. The Kier molecular flexibility index (Phi) is 8.98. The zero-order chi connectivity index (χ0) is 23.3. The van der Waals surface area contributed by atoms with E-state index in [1.165, 1.54) is 96.3 Å². The Labute approximate surface area is 204 Å². The molecule has 0 unspecified atom stereocenters. The molecule has 0 amide bonds. The van der Waals surface area contributed by atoms with Crippen LogP contribution in [-0.4, -0.2) is 26.8 Å². The molecule has 8 heteroatoms. The first-order chi connectivity index (χ1) is 16.0. The molecule has 0 radical (unpaired) electrons. The van der Waals surface area contributed by atoms with Gasteiger partial charge in [-0.05, 0) is 0 Å². The van der Waals surface area contributed by atoms with E-state index in [0.29, 0.717) is 0 Å². The van der Waals surface area contributed by atoms with Crippen molar-refractivity contribution < 1.29 is 9.85 Å². The summed E-state index contributed by atoms with van der Waals surface area (Å²) in [5, 5.41) is 22.9. The van der Waals surface area contributed by atoms with Crippen molar-refractivity contribution >= 4 is 37.3 Å². The molecule has 1 aromatic rings. The molecule has 3 saturated carbocycles. The molecular weight excluding hydrogens is 543 g/mol. The van der Waals surface area contributed by atoms with Crippen molar-refractivity contribution in [3.8, 4) is 0 Å². The summed E-state index contributed by atoms with van der Waals surface area (Å²) < 4.78 is 2.74. The van der Waals surface area contributed by atoms with Crippen molar-refractivity contribution in [2.45, 2.75) is 114 Å². The maximum atomic E-state index is 11.5. The number of non-ortho nitro benzene ring substituents is 2. The Balaban J connectivity index is 1.69. The molecule has 3 aliphatic carbocycles. The summed E-state index contributed by atoms with van der Waals surface area (Å²) in [6.07, 6.45) is 20.7. The molecule has 6 nitrogen and oxygen atoms in total. The number of benzene rings is 1. The fourth-order valence-electron chi connectivity index (χ4n) is 7.17. The Morgan fingerprint density at radius 1 is 0.667 bits per heavy atom. The first-order valence-corrected chi connectivity index (χ1v) is 22.5. The Morgan fingerprint density at radius 2 is 1.03 bits per heavy atom. The van der Waals surface area contributed by atoms with Crippen LogP contribution in [0.4, 0.5) is 11.4 Å². The summed E-state index contributed by atoms with van der Waals surface area (Å²) >= 11 is -2.81.